The van der Waals surface area contributed by atoms with Crippen LogP contribution < -0.4 is 4.74 Å². The zero-order valence-electron chi connectivity index (χ0n) is 12.9. The van der Waals surface area contributed by atoms with Gasteiger partial charge in [-0.2, -0.15) is 0 Å². The summed E-state index contributed by atoms with van der Waals surface area (Å²) in [4.78, 5) is 15.2. The highest BCUT2D eigenvalue weighted by molar-refractivity contribution is 5.74. The average molecular weight is 313 g/mol. The number of nitrogens with zero attached hydrogens (tertiary/aromatic N) is 1. The van der Waals surface area contributed by atoms with Crippen molar-refractivity contribution in [3.8, 4) is 17.2 Å². The van der Waals surface area contributed by atoms with Gasteiger partial charge < -0.3 is 9.15 Å². The Bertz CT molecular complexity index is 776. The minimum atomic E-state index is 0.502. The molecule has 0 aliphatic carbocycles. The Hall–Kier alpha value is -2.88. The Morgan fingerprint density at radius 2 is 1.83 bits per heavy atom. The zero-order valence-corrected chi connectivity index (χ0v) is 12.9. The number of ether oxygens (including phenoxy) is 1. The van der Waals surface area contributed by atoms with E-state index in [1.807, 2.05) is 37.3 Å². The number of hydrogen-bond acceptors (Lipinski definition) is 4. The highest BCUT2D eigenvalue weighted by atomic mass is 16.6. The lowest BCUT2D eigenvalue weighted by molar-refractivity contribution is 0.112. The molecule has 3 aromatic rings. The number of aldehydes is 1. The van der Waals surface area contributed by atoms with Crippen LogP contribution in [0.1, 0.15) is 21.8 Å². The number of oxazole rings is 1. The Morgan fingerprint density at radius 3 is 2.52 bits per heavy atom. The summed E-state index contributed by atoms with van der Waals surface area (Å²) in [5, 5.41) is 0. The van der Waals surface area contributed by atoms with E-state index in [1.165, 1.54) is 0 Å². The van der Waals surface area contributed by atoms with Gasteiger partial charge in [-0.05, 0) is 43.3 Å². The fourth-order valence-corrected chi connectivity index (χ4v) is 2.27. The first kappa shape index (κ1) is 15.0. The van der Waals surface area contributed by atoms with Gasteiger partial charge in [0.2, 0.25) is 5.89 Å². The third kappa shape index (κ3) is 3.66. The molecule has 0 radical (unpaired) electrons. The minimum absolute atomic E-state index is 0.502. The lowest BCUT2D eigenvalue weighted by Crippen LogP contribution is -2.02. The van der Waals surface area contributed by atoms with E-state index in [-0.39, 0.29) is 0 Å². The van der Waals surface area contributed by atoms with Crippen molar-refractivity contribution in [3.63, 3.8) is 0 Å². The number of carbonyl (C=O) groups excluding carboxylic acids is 1. The van der Waals surface area contributed by atoms with Crippen molar-refractivity contribution in [3.05, 3.63) is 71.6 Å². The largest absolute Gasteiger partial charge is 0.493 e. The summed E-state index contributed by atoms with van der Waals surface area (Å²) in [6.45, 7) is 2.41. The highest BCUT2D eigenvalue weighted by Gasteiger charge is 2.11. The first-order valence-corrected chi connectivity index (χ1v) is 7.46. The second kappa shape index (κ2) is 6.92. The summed E-state index contributed by atoms with van der Waals surface area (Å²) in [6, 6.07) is 16.9. The van der Waals surface area contributed by atoms with Gasteiger partial charge in [-0.3, -0.25) is 4.79 Å². The fourth-order valence-electron chi connectivity index (χ4n) is 2.27. The molecule has 3 rings (SSSR count). The summed E-state index contributed by atoms with van der Waals surface area (Å²) < 4.78 is 11.4. The lowest BCUT2D eigenvalue weighted by atomic mass is 10.2. The van der Waals surface area contributed by atoms with Crippen molar-refractivity contribution in [1.29, 1.82) is 0 Å². The molecule has 0 bridgehead atoms. The predicted molar refractivity (Wildman–Crippen MR) is 87.7 cm³/mol. The first-order valence-electron chi connectivity index (χ1n) is 7.46. The first-order chi connectivity index (χ1) is 11.3. The molecule has 4 nitrogen and oxygen atoms in total. The van der Waals surface area contributed by atoms with Gasteiger partial charge in [-0.15, -0.1) is 0 Å². The maximum Gasteiger partial charge on any atom is 0.226 e. The Labute approximate surface area is 134 Å². The van der Waals surface area contributed by atoms with E-state index in [1.54, 1.807) is 24.3 Å². The van der Waals surface area contributed by atoms with Crippen LogP contribution in [-0.2, 0) is 6.42 Å². The Kier molecular flexibility index (Phi) is 4.52. The summed E-state index contributed by atoms with van der Waals surface area (Å²) in [6.07, 6.45) is 1.48. The van der Waals surface area contributed by atoms with E-state index in [0.29, 0.717) is 24.5 Å². The van der Waals surface area contributed by atoms with Gasteiger partial charge in [-0.25, -0.2) is 4.98 Å². The van der Waals surface area contributed by atoms with Crippen LogP contribution in [0.15, 0.2) is 59.0 Å². The average Bonchev–Trinajstić information content (AvgIpc) is 2.97. The number of aryl methyl sites for hydroxylation is 1. The van der Waals surface area contributed by atoms with E-state index in [4.69, 9.17) is 9.15 Å². The molecule has 0 spiro atoms. The van der Waals surface area contributed by atoms with Crippen molar-refractivity contribution in [2.24, 2.45) is 0 Å². The number of benzene rings is 2. The molecule has 23 heavy (non-hydrogen) atoms. The summed E-state index contributed by atoms with van der Waals surface area (Å²) in [5.41, 5.74) is 2.50. The summed E-state index contributed by atoms with van der Waals surface area (Å²) >= 11 is 0. The summed E-state index contributed by atoms with van der Waals surface area (Å²) in [7, 11) is 0. The molecule has 0 saturated heterocycles. The van der Waals surface area contributed by atoms with Crippen LogP contribution >= 0.6 is 0 Å². The molecule has 0 unspecified atom stereocenters. The molecule has 0 saturated carbocycles. The molecule has 0 amide bonds. The second-order valence-electron chi connectivity index (χ2n) is 5.17. The van der Waals surface area contributed by atoms with Gasteiger partial charge in [0, 0.05) is 17.5 Å². The van der Waals surface area contributed by atoms with Crippen LogP contribution in [-0.4, -0.2) is 17.9 Å². The third-order valence-corrected chi connectivity index (χ3v) is 3.54. The standard InChI is InChI=1S/C19H17NO3/c1-14-18(20-19(23-14)16-5-3-2-4-6-16)11-12-22-17-9-7-15(13-21)8-10-17/h2-10,13H,11-12H2,1H3/i7+1,8+1,9+1,10+1,15+1,17+1. The van der Waals surface area contributed by atoms with E-state index >= 15 is 0 Å². The molecule has 0 N–H and O–H groups in total. The fraction of sp³-hybridized carbons (Fsp3) is 0.158. The molecule has 0 fully saturated rings. The van der Waals surface area contributed by atoms with Crippen LogP contribution in [0.2, 0.25) is 0 Å². The predicted octanol–water partition coefficient (Wildman–Crippen LogP) is 4.08. The number of rotatable bonds is 6. The number of hydrogen-bond donors (Lipinski definition) is 0. The van der Waals surface area contributed by atoms with E-state index in [2.05, 4.69) is 4.98 Å². The molecule has 2 aromatic carbocycles. The molecule has 1 aromatic heterocycles. The van der Waals surface area contributed by atoms with Crippen LogP contribution in [0.5, 0.6) is 5.75 Å². The smallest absolute Gasteiger partial charge is 0.226 e. The maximum absolute atomic E-state index is 10.6. The summed E-state index contributed by atoms with van der Waals surface area (Å²) in [5.74, 6) is 2.18. The topological polar surface area (TPSA) is 52.3 Å². The van der Waals surface area contributed by atoms with Gasteiger partial charge in [0.25, 0.3) is 0 Å². The van der Waals surface area contributed by atoms with Crippen molar-refractivity contribution in [2.75, 3.05) is 6.61 Å². The molecular formula is C19H17NO3. The van der Waals surface area contributed by atoms with Crippen LogP contribution in [0.4, 0.5) is 0 Å². The van der Waals surface area contributed by atoms with Gasteiger partial charge in [0.05, 0.1) is 12.3 Å². The van der Waals surface area contributed by atoms with E-state index < -0.39 is 0 Å². The SMILES string of the molecule is Cc1oc(-c2ccccc2)nc1CCO[13c]1[13cH][13cH][13c](C=O)[13cH][13cH]1. The van der Waals surface area contributed by atoms with Crippen molar-refractivity contribution < 1.29 is 13.9 Å². The molecule has 116 valence electrons. The van der Waals surface area contributed by atoms with Gasteiger partial charge in [0.1, 0.15) is 17.8 Å². The maximum atomic E-state index is 10.6. The van der Waals surface area contributed by atoms with Crippen molar-refractivity contribution >= 4 is 6.29 Å². The van der Waals surface area contributed by atoms with Gasteiger partial charge in [-0.1, -0.05) is 18.2 Å². The van der Waals surface area contributed by atoms with Gasteiger partial charge in [0.15, 0.2) is 0 Å². The van der Waals surface area contributed by atoms with Crippen molar-refractivity contribution in [1.82, 2.24) is 4.98 Å². The molecule has 4 heteroatoms. The van der Waals surface area contributed by atoms with Crippen molar-refractivity contribution in [2.45, 2.75) is 13.3 Å². The Balaban J connectivity index is 1.62. The minimum Gasteiger partial charge on any atom is -0.493 e. The van der Waals surface area contributed by atoms with E-state index in [0.717, 1.165) is 29.1 Å². The third-order valence-electron chi connectivity index (χ3n) is 3.54. The van der Waals surface area contributed by atoms with Crippen LogP contribution in [0.25, 0.3) is 11.5 Å². The van der Waals surface area contributed by atoms with E-state index in [9.17, 15) is 4.79 Å². The van der Waals surface area contributed by atoms with Crippen LogP contribution in [0.3, 0.4) is 0 Å². The molecule has 0 aliphatic rings. The van der Waals surface area contributed by atoms with Crippen LogP contribution in [0, 0.1) is 6.92 Å². The zero-order chi connectivity index (χ0) is 16.1. The quantitative estimate of drug-likeness (QED) is 0.643. The molecule has 0 atom stereocenters. The number of carbonyl (C=O) groups is 1. The Morgan fingerprint density at radius 1 is 1.09 bits per heavy atom. The molecule has 1 heterocycles. The number of aromatic nitrogens is 1. The highest BCUT2D eigenvalue weighted by Crippen LogP contribution is 2.21. The molecule has 0 aliphatic heterocycles. The monoisotopic (exact) mass is 313 g/mol. The lowest BCUT2D eigenvalue weighted by Gasteiger charge is -2.04. The normalized spacial score (nSPS) is 10.5. The molecular weight excluding hydrogens is 296 g/mol. The second-order valence-corrected chi connectivity index (χ2v) is 5.17. The van der Waals surface area contributed by atoms with Gasteiger partial charge >= 0.3 is 0 Å².